The number of likely N-dealkylation sites (tertiary alicyclic amines) is 1. The molecule has 0 bridgehead atoms. The van der Waals surface area contributed by atoms with E-state index in [2.05, 4.69) is 19.1 Å². The van der Waals surface area contributed by atoms with E-state index >= 15 is 0 Å². The second kappa shape index (κ2) is 6.83. The molecule has 1 saturated heterocycles. The van der Waals surface area contributed by atoms with Gasteiger partial charge in [-0.05, 0) is 24.3 Å². The molecule has 1 aromatic carbocycles. The van der Waals surface area contributed by atoms with Crippen LogP contribution in [0.3, 0.4) is 0 Å². The number of hydrogen-bond donors (Lipinski definition) is 0. The Morgan fingerprint density at radius 2 is 2.17 bits per heavy atom. The van der Waals surface area contributed by atoms with Crippen LogP contribution < -0.4 is 0 Å². The number of piperidine rings is 1. The molecule has 98 valence electrons. The van der Waals surface area contributed by atoms with E-state index in [1.807, 2.05) is 23.1 Å². The van der Waals surface area contributed by atoms with Gasteiger partial charge in [0.15, 0.2) is 0 Å². The molecule has 0 N–H and O–H groups in total. The van der Waals surface area contributed by atoms with Gasteiger partial charge in [-0.2, -0.15) is 0 Å². The Bertz CT molecular complexity index is 379. The maximum atomic E-state index is 12.0. The molecule has 0 aliphatic carbocycles. The predicted molar refractivity (Wildman–Crippen MR) is 77.6 cm³/mol. The van der Waals surface area contributed by atoms with E-state index in [-0.39, 0.29) is 0 Å². The summed E-state index contributed by atoms with van der Waals surface area (Å²) < 4.78 is 0. The summed E-state index contributed by atoms with van der Waals surface area (Å²) in [6.07, 6.45) is 2.43. The first kappa shape index (κ1) is 13.5. The zero-order valence-electron chi connectivity index (χ0n) is 11.0. The fraction of sp³-hybridized carbons (Fsp3) is 0.533. The number of nitrogens with zero attached hydrogens (tertiary/aromatic N) is 1. The van der Waals surface area contributed by atoms with Gasteiger partial charge in [0.1, 0.15) is 0 Å². The van der Waals surface area contributed by atoms with E-state index in [4.69, 9.17) is 0 Å². The van der Waals surface area contributed by atoms with E-state index in [9.17, 15) is 4.79 Å². The average Bonchev–Trinajstić information content (AvgIpc) is 2.40. The monoisotopic (exact) mass is 263 g/mol. The van der Waals surface area contributed by atoms with Gasteiger partial charge >= 0.3 is 0 Å². The van der Waals surface area contributed by atoms with Crippen LogP contribution in [0.4, 0.5) is 0 Å². The molecule has 0 saturated carbocycles. The molecule has 2 rings (SSSR count). The Morgan fingerprint density at radius 3 is 2.89 bits per heavy atom. The molecular formula is C15H21NOS. The van der Waals surface area contributed by atoms with Crippen molar-refractivity contribution in [2.45, 2.75) is 25.5 Å². The first-order valence-corrected chi connectivity index (χ1v) is 7.80. The van der Waals surface area contributed by atoms with Crippen LogP contribution in [-0.4, -0.2) is 29.6 Å². The van der Waals surface area contributed by atoms with Gasteiger partial charge in [-0.1, -0.05) is 37.3 Å². The van der Waals surface area contributed by atoms with Crippen molar-refractivity contribution in [2.24, 2.45) is 5.92 Å². The molecule has 18 heavy (non-hydrogen) atoms. The van der Waals surface area contributed by atoms with Crippen molar-refractivity contribution in [3.05, 3.63) is 35.9 Å². The molecule has 1 aliphatic rings. The molecule has 0 spiro atoms. The first-order valence-electron chi connectivity index (χ1n) is 6.65. The minimum atomic E-state index is 0.308. The minimum Gasteiger partial charge on any atom is -0.342 e. The summed E-state index contributed by atoms with van der Waals surface area (Å²) in [6, 6.07) is 10.3. The number of carbonyl (C=O) groups is 1. The minimum absolute atomic E-state index is 0.308. The lowest BCUT2D eigenvalue weighted by atomic mass is 10.0. The number of rotatable bonds is 4. The number of amides is 1. The zero-order chi connectivity index (χ0) is 12.8. The van der Waals surface area contributed by atoms with Crippen LogP contribution in [-0.2, 0) is 10.5 Å². The largest absolute Gasteiger partial charge is 0.342 e. The highest BCUT2D eigenvalue weighted by Gasteiger charge is 2.20. The number of benzene rings is 1. The van der Waals surface area contributed by atoms with Crippen molar-refractivity contribution in [1.29, 1.82) is 0 Å². The van der Waals surface area contributed by atoms with Gasteiger partial charge < -0.3 is 4.90 Å². The Balaban J connectivity index is 1.71. The van der Waals surface area contributed by atoms with Gasteiger partial charge in [-0.15, -0.1) is 11.8 Å². The van der Waals surface area contributed by atoms with Crippen LogP contribution in [0.2, 0.25) is 0 Å². The maximum Gasteiger partial charge on any atom is 0.232 e. The van der Waals surface area contributed by atoms with Crippen LogP contribution in [0.25, 0.3) is 0 Å². The molecule has 1 aromatic rings. The smallest absolute Gasteiger partial charge is 0.232 e. The summed E-state index contributed by atoms with van der Waals surface area (Å²) in [6.45, 7) is 4.14. The molecule has 1 amide bonds. The highest BCUT2D eigenvalue weighted by atomic mass is 32.2. The summed E-state index contributed by atoms with van der Waals surface area (Å²) >= 11 is 1.72. The number of thioether (sulfide) groups is 1. The Morgan fingerprint density at radius 1 is 1.39 bits per heavy atom. The zero-order valence-corrected chi connectivity index (χ0v) is 11.8. The lowest BCUT2D eigenvalue weighted by molar-refractivity contribution is -0.130. The highest BCUT2D eigenvalue weighted by Crippen LogP contribution is 2.18. The summed E-state index contributed by atoms with van der Waals surface area (Å²) in [4.78, 5) is 14.1. The van der Waals surface area contributed by atoms with Gasteiger partial charge in [0.25, 0.3) is 0 Å². The third-order valence-corrected chi connectivity index (χ3v) is 4.34. The van der Waals surface area contributed by atoms with Gasteiger partial charge in [-0.25, -0.2) is 0 Å². The molecule has 0 radical (unpaired) electrons. The van der Waals surface area contributed by atoms with E-state index in [0.29, 0.717) is 17.6 Å². The third-order valence-electron chi connectivity index (χ3n) is 3.35. The Kier molecular flexibility index (Phi) is 5.12. The quantitative estimate of drug-likeness (QED) is 0.831. The van der Waals surface area contributed by atoms with Gasteiger partial charge in [0.05, 0.1) is 5.75 Å². The average molecular weight is 263 g/mol. The molecule has 1 aliphatic heterocycles. The molecule has 1 fully saturated rings. The van der Waals surface area contributed by atoms with Crippen molar-refractivity contribution in [2.75, 3.05) is 18.8 Å². The summed E-state index contributed by atoms with van der Waals surface area (Å²) in [5, 5.41) is 0. The van der Waals surface area contributed by atoms with Crippen molar-refractivity contribution >= 4 is 17.7 Å². The summed E-state index contributed by atoms with van der Waals surface area (Å²) in [7, 11) is 0. The fourth-order valence-corrected chi connectivity index (χ4v) is 3.23. The second-order valence-electron chi connectivity index (χ2n) is 5.07. The first-order chi connectivity index (χ1) is 8.75. The van der Waals surface area contributed by atoms with Gasteiger partial charge in [0, 0.05) is 18.8 Å². The number of carbonyl (C=O) groups excluding carboxylic acids is 1. The number of hydrogen-bond acceptors (Lipinski definition) is 2. The van der Waals surface area contributed by atoms with Gasteiger partial charge in [-0.3, -0.25) is 4.79 Å². The molecular weight excluding hydrogens is 242 g/mol. The van der Waals surface area contributed by atoms with E-state index in [0.717, 1.165) is 25.3 Å². The molecule has 1 heterocycles. The normalized spacial score (nSPS) is 19.8. The van der Waals surface area contributed by atoms with Crippen LogP contribution in [0.15, 0.2) is 30.3 Å². The standard InChI is InChI=1S/C15H21NOS/c1-13-6-5-9-16(10-13)15(17)12-18-11-14-7-3-2-4-8-14/h2-4,7-8,13H,5-6,9-12H2,1H3/t13-/m0/s1. The highest BCUT2D eigenvalue weighted by molar-refractivity contribution is 7.99. The van der Waals surface area contributed by atoms with Crippen LogP contribution in [0, 0.1) is 5.92 Å². The molecule has 3 heteroatoms. The topological polar surface area (TPSA) is 20.3 Å². The van der Waals surface area contributed by atoms with Crippen LogP contribution in [0.5, 0.6) is 0 Å². The van der Waals surface area contributed by atoms with Crippen molar-refractivity contribution < 1.29 is 4.79 Å². The Labute approximate surface area is 114 Å². The van der Waals surface area contributed by atoms with Crippen molar-refractivity contribution in [1.82, 2.24) is 4.90 Å². The third kappa shape index (κ3) is 4.05. The lowest BCUT2D eigenvalue weighted by Gasteiger charge is -2.30. The van der Waals surface area contributed by atoms with Gasteiger partial charge in [0.2, 0.25) is 5.91 Å². The van der Waals surface area contributed by atoms with Crippen LogP contribution in [0.1, 0.15) is 25.3 Å². The molecule has 0 unspecified atom stereocenters. The van der Waals surface area contributed by atoms with E-state index < -0.39 is 0 Å². The summed E-state index contributed by atoms with van der Waals surface area (Å²) in [5.74, 6) is 2.52. The second-order valence-corrected chi connectivity index (χ2v) is 6.05. The summed E-state index contributed by atoms with van der Waals surface area (Å²) in [5.41, 5.74) is 1.29. The molecule has 0 aromatic heterocycles. The maximum absolute atomic E-state index is 12.0. The Hall–Kier alpha value is -0.960. The van der Waals surface area contributed by atoms with Crippen LogP contribution >= 0.6 is 11.8 Å². The fourth-order valence-electron chi connectivity index (χ4n) is 2.34. The van der Waals surface area contributed by atoms with Crippen molar-refractivity contribution in [3.63, 3.8) is 0 Å². The SMILES string of the molecule is C[C@H]1CCCN(C(=O)CSCc2ccccc2)C1. The lowest BCUT2D eigenvalue weighted by Crippen LogP contribution is -2.40. The molecule has 2 nitrogen and oxygen atoms in total. The van der Waals surface area contributed by atoms with Crippen molar-refractivity contribution in [3.8, 4) is 0 Å². The van der Waals surface area contributed by atoms with E-state index in [1.54, 1.807) is 11.8 Å². The molecule has 1 atom stereocenters. The van der Waals surface area contributed by atoms with E-state index in [1.165, 1.54) is 12.0 Å². The predicted octanol–water partition coefficient (Wildman–Crippen LogP) is 3.18.